The zero-order chi connectivity index (χ0) is 15.5. The molecule has 0 atom stereocenters. The molecule has 4 nitrogen and oxygen atoms in total. The lowest BCUT2D eigenvalue weighted by molar-refractivity contribution is 0.472. The van der Waals surface area contributed by atoms with Crippen molar-refractivity contribution in [3.8, 4) is 17.2 Å². The summed E-state index contributed by atoms with van der Waals surface area (Å²) in [6.07, 6.45) is 0.617. The van der Waals surface area contributed by atoms with Crippen molar-refractivity contribution < 1.29 is 9.13 Å². The summed E-state index contributed by atoms with van der Waals surface area (Å²) in [5.74, 6) is 0.511. The Kier molecular flexibility index (Phi) is 3.78. The molecule has 0 saturated carbocycles. The van der Waals surface area contributed by atoms with Gasteiger partial charge < -0.3 is 4.74 Å². The van der Waals surface area contributed by atoms with Crippen molar-refractivity contribution in [2.24, 2.45) is 0 Å². The summed E-state index contributed by atoms with van der Waals surface area (Å²) in [5, 5.41) is 3.01. The number of hydrogen-bond donors (Lipinski definition) is 1. The molecule has 2 aromatic carbocycles. The molecule has 112 valence electrons. The van der Waals surface area contributed by atoms with E-state index in [1.165, 1.54) is 16.8 Å². The third-order valence-electron chi connectivity index (χ3n) is 3.32. The highest BCUT2D eigenvalue weighted by Gasteiger charge is 2.16. The molecule has 0 radical (unpaired) electrons. The minimum Gasteiger partial charge on any atom is -0.450 e. The summed E-state index contributed by atoms with van der Waals surface area (Å²) in [6.45, 7) is 1.93. The van der Waals surface area contributed by atoms with Gasteiger partial charge in [-0.3, -0.25) is 9.89 Å². The summed E-state index contributed by atoms with van der Waals surface area (Å²) < 4.78 is 20.1. The van der Waals surface area contributed by atoms with Crippen molar-refractivity contribution in [1.29, 1.82) is 0 Å². The molecule has 0 bridgehead atoms. The Morgan fingerprint density at radius 1 is 1.09 bits per heavy atom. The first-order chi connectivity index (χ1) is 10.7. The van der Waals surface area contributed by atoms with E-state index in [-0.39, 0.29) is 17.1 Å². The van der Waals surface area contributed by atoms with Crippen LogP contribution in [-0.4, -0.2) is 9.78 Å². The maximum atomic E-state index is 13.0. The van der Waals surface area contributed by atoms with Crippen LogP contribution in [0.25, 0.3) is 5.69 Å². The Labute approximate surface area is 126 Å². The Balaban J connectivity index is 2.04. The van der Waals surface area contributed by atoms with Crippen LogP contribution in [0, 0.1) is 5.82 Å². The number of ether oxygens (including phenoxy) is 1. The summed E-state index contributed by atoms with van der Waals surface area (Å²) >= 11 is 0. The minimum atomic E-state index is -0.347. The van der Waals surface area contributed by atoms with Crippen molar-refractivity contribution in [1.82, 2.24) is 9.78 Å². The van der Waals surface area contributed by atoms with Crippen LogP contribution in [0.2, 0.25) is 0 Å². The third kappa shape index (κ3) is 2.65. The fourth-order valence-corrected chi connectivity index (χ4v) is 2.19. The largest absolute Gasteiger partial charge is 0.450 e. The van der Waals surface area contributed by atoms with E-state index in [1.807, 2.05) is 25.1 Å². The number of aromatic amines is 1. The number of halogens is 1. The van der Waals surface area contributed by atoms with Gasteiger partial charge in [-0.25, -0.2) is 9.07 Å². The van der Waals surface area contributed by atoms with E-state index in [4.69, 9.17) is 4.74 Å². The smallest absolute Gasteiger partial charge is 0.314 e. The molecule has 22 heavy (non-hydrogen) atoms. The van der Waals surface area contributed by atoms with Crippen LogP contribution in [0.4, 0.5) is 4.39 Å². The second kappa shape index (κ2) is 5.89. The molecule has 0 fully saturated rings. The number of nitrogens with one attached hydrogen (secondary N) is 1. The van der Waals surface area contributed by atoms with Crippen molar-refractivity contribution in [2.75, 3.05) is 0 Å². The first-order valence-corrected chi connectivity index (χ1v) is 7.01. The van der Waals surface area contributed by atoms with Crippen LogP contribution in [-0.2, 0) is 6.42 Å². The van der Waals surface area contributed by atoms with Gasteiger partial charge >= 0.3 is 5.56 Å². The molecule has 1 N–H and O–H groups in total. The number of benzene rings is 2. The third-order valence-corrected chi connectivity index (χ3v) is 3.32. The Morgan fingerprint density at radius 2 is 1.77 bits per heavy atom. The monoisotopic (exact) mass is 298 g/mol. The molecular weight excluding hydrogens is 283 g/mol. The quantitative estimate of drug-likeness (QED) is 0.799. The second-order valence-corrected chi connectivity index (χ2v) is 4.81. The lowest BCUT2D eigenvalue weighted by Gasteiger charge is -2.02. The fraction of sp³-hybridized carbons (Fsp3) is 0.118. The normalized spacial score (nSPS) is 10.6. The molecule has 0 saturated heterocycles. The Morgan fingerprint density at radius 3 is 2.41 bits per heavy atom. The van der Waals surface area contributed by atoms with Crippen LogP contribution in [0.5, 0.6) is 11.5 Å². The predicted molar refractivity (Wildman–Crippen MR) is 82.2 cm³/mol. The van der Waals surface area contributed by atoms with Gasteiger partial charge in [-0.2, -0.15) is 0 Å². The fourth-order valence-electron chi connectivity index (χ4n) is 2.19. The molecule has 0 spiro atoms. The van der Waals surface area contributed by atoms with Gasteiger partial charge in [0, 0.05) is 0 Å². The highest BCUT2D eigenvalue weighted by atomic mass is 19.1. The number of aryl methyl sites for hydroxylation is 1. The molecule has 0 aliphatic rings. The van der Waals surface area contributed by atoms with Gasteiger partial charge in [-0.05, 0) is 42.8 Å². The van der Waals surface area contributed by atoms with Crippen molar-refractivity contribution in [2.45, 2.75) is 13.3 Å². The van der Waals surface area contributed by atoms with Crippen LogP contribution in [0.3, 0.4) is 0 Å². The zero-order valence-electron chi connectivity index (χ0n) is 12.0. The first kappa shape index (κ1) is 14.1. The number of aromatic nitrogens is 2. The zero-order valence-corrected chi connectivity index (χ0v) is 12.0. The number of H-pyrrole nitrogens is 1. The van der Waals surface area contributed by atoms with E-state index in [0.717, 1.165) is 0 Å². The summed E-state index contributed by atoms with van der Waals surface area (Å²) in [6, 6.07) is 14.8. The molecule has 3 aromatic rings. The molecule has 0 unspecified atom stereocenters. The average Bonchev–Trinajstić information content (AvgIpc) is 2.86. The minimum absolute atomic E-state index is 0.262. The summed E-state index contributed by atoms with van der Waals surface area (Å²) in [7, 11) is 0. The standard InChI is InChI=1S/C17H15FN2O2/c1-2-15-16(22-14-6-4-3-5-7-14)17(21)20(19-15)13-10-8-12(18)9-11-13/h3-11,19H,2H2,1H3. The van der Waals surface area contributed by atoms with Crippen LogP contribution in [0.1, 0.15) is 12.6 Å². The van der Waals surface area contributed by atoms with Crippen molar-refractivity contribution >= 4 is 0 Å². The highest BCUT2D eigenvalue weighted by molar-refractivity contribution is 5.38. The topological polar surface area (TPSA) is 47.0 Å². The van der Waals surface area contributed by atoms with Crippen LogP contribution in [0.15, 0.2) is 59.4 Å². The van der Waals surface area contributed by atoms with Crippen molar-refractivity contribution in [3.63, 3.8) is 0 Å². The van der Waals surface area contributed by atoms with Gasteiger partial charge in [-0.1, -0.05) is 25.1 Å². The average molecular weight is 298 g/mol. The van der Waals surface area contributed by atoms with Gasteiger partial charge in [0.25, 0.3) is 0 Å². The highest BCUT2D eigenvalue weighted by Crippen LogP contribution is 2.22. The lowest BCUT2D eigenvalue weighted by Crippen LogP contribution is -2.15. The molecule has 5 heteroatoms. The molecule has 1 aromatic heterocycles. The molecule has 0 amide bonds. The van der Waals surface area contributed by atoms with Crippen molar-refractivity contribution in [3.05, 3.63) is 76.5 Å². The van der Waals surface area contributed by atoms with Crippen LogP contribution < -0.4 is 10.3 Å². The van der Waals surface area contributed by atoms with Gasteiger partial charge in [0.05, 0.1) is 11.4 Å². The van der Waals surface area contributed by atoms with Crippen LogP contribution >= 0.6 is 0 Å². The number of nitrogens with zero attached hydrogens (tertiary/aromatic N) is 1. The molecular formula is C17H15FN2O2. The van der Waals surface area contributed by atoms with E-state index in [2.05, 4.69) is 5.10 Å². The van der Waals surface area contributed by atoms with Gasteiger partial charge in [0.2, 0.25) is 5.75 Å². The predicted octanol–water partition coefficient (Wildman–Crippen LogP) is 3.66. The lowest BCUT2D eigenvalue weighted by atomic mass is 10.3. The maximum Gasteiger partial charge on any atom is 0.314 e. The van der Waals surface area contributed by atoms with Gasteiger partial charge in [0.15, 0.2) is 0 Å². The Bertz CT molecular complexity index is 820. The molecule has 1 heterocycles. The van der Waals surface area contributed by atoms with Gasteiger partial charge in [0.1, 0.15) is 11.6 Å². The van der Waals surface area contributed by atoms with E-state index in [0.29, 0.717) is 23.6 Å². The van der Waals surface area contributed by atoms with E-state index < -0.39 is 0 Å². The SMILES string of the molecule is CCc1[nH]n(-c2ccc(F)cc2)c(=O)c1Oc1ccccc1. The number of rotatable bonds is 4. The summed E-state index contributed by atoms with van der Waals surface area (Å²) in [4.78, 5) is 12.6. The van der Waals surface area contributed by atoms with Gasteiger partial charge in [-0.15, -0.1) is 0 Å². The molecule has 3 rings (SSSR count). The molecule has 0 aliphatic heterocycles. The second-order valence-electron chi connectivity index (χ2n) is 4.81. The van der Waals surface area contributed by atoms with E-state index in [9.17, 15) is 9.18 Å². The first-order valence-electron chi connectivity index (χ1n) is 7.01. The van der Waals surface area contributed by atoms with E-state index in [1.54, 1.807) is 24.3 Å². The maximum absolute atomic E-state index is 13.0. The molecule has 0 aliphatic carbocycles. The Hall–Kier alpha value is -2.82. The number of para-hydroxylation sites is 1. The summed E-state index contributed by atoms with van der Waals surface area (Å²) in [5.41, 5.74) is 0.953. The number of hydrogen-bond acceptors (Lipinski definition) is 2. The van der Waals surface area contributed by atoms with E-state index >= 15 is 0 Å².